The van der Waals surface area contributed by atoms with E-state index in [1.54, 1.807) is 42.5 Å². The Morgan fingerprint density at radius 3 is 2.00 bits per heavy atom. The van der Waals surface area contributed by atoms with Gasteiger partial charge in [-0.25, -0.2) is 0 Å². The van der Waals surface area contributed by atoms with Crippen LogP contribution in [0.2, 0.25) is 0 Å². The number of carbonyl (C=O) groups excluding carboxylic acids is 2. The number of amides is 2. The lowest BCUT2D eigenvalue weighted by atomic mass is 10.1. The van der Waals surface area contributed by atoms with Crippen molar-refractivity contribution in [1.82, 2.24) is 0 Å². The normalized spacial score (nSPS) is 9.96. The zero-order chi connectivity index (χ0) is 17.5. The second kappa shape index (κ2) is 7.98. The first-order valence-corrected chi connectivity index (χ1v) is 7.20. The van der Waals surface area contributed by atoms with Crippen LogP contribution in [0, 0.1) is 0 Å². The molecular weight excluding hydrogens is 310 g/mol. The molecule has 0 unspecified atom stereocenters. The summed E-state index contributed by atoms with van der Waals surface area (Å²) in [6.45, 7) is -0.143. The van der Waals surface area contributed by atoms with E-state index in [1.165, 1.54) is 14.2 Å². The van der Waals surface area contributed by atoms with E-state index in [-0.39, 0.29) is 18.4 Å². The van der Waals surface area contributed by atoms with E-state index >= 15 is 0 Å². The van der Waals surface area contributed by atoms with Crippen molar-refractivity contribution in [2.24, 2.45) is 5.73 Å². The van der Waals surface area contributed by atoms with Gasteiger partial charge in [-0.3, -0.25) is 9.59 Å². The van der Waals surface area contributed by atoms with Crippen LogP contribution in [0.4, 0.5) is 11.4 Å². The van der Waals surface area contributed by atoms with Gasteiger partial charge in [0.1, 0.15) is 11.5 Å². The van der Waals surface area contributed by atoms with Gasteiger partial charge in [-0.05, 0) is 24.3 Å². The molecule has 2 amide bonds. The van der Waals surface area contributed by atoms with E-state index < -0.39 is 0 Å². The summed E-state index contributed by atoms with van der Waals surface area (Å²) >= 11 is 0. The third kappa shape index (κ3) is 4.23. The van der Waals surface area contributed by atoms with Crippen molar-refractivity contribution >= 4 is 23.2 Å². The maximum Gasteiger partial charge on any atom is 0.255 e. The van der Waals surface area contributed by atoms with Gasteiger partial charge in [0.05, 0.1) is 32.1 Å². The Balaban J connectivity index is 2.25. The van der Waals surface area contributed by atoms with Crippen molar-refractivity contribution in [2.75, 3.05) is 31.4 Å². The molecule has 0 bridgehead atoms. The monoisotopic (exact) mass is 329 g/mol. The maximum atomic E-state index is 12.5. The highest BCUT2D eigenvalue weighted by Gasteiger charge is 2.13. The lowest BCUT2D eigenvalue weighted by molar-refractivity contribution is -0.114. The summed E-state index contributed by atoms with van der Waals surface area (Å²) in [5.74, 6) is 0.301. The van der Waals surface area contributed by atoms with Crippen molar-refractivity contribution in [2.45, 2.75) is 0 Å². The van der Waals surface area contributed by atoms with Crippen molar-refractivity contribution in [3.63, 3.8) is 0 Å². The largest absolute Gasteiger partial charge is 0.497 e. The highest BCUT2D eigenvalue weighted by Crippen LogP contribution is 2.25. The zero-order valence-electron chi connectivity index (χ0n) is 13.5. The quantitative estimate of drug-likeness (QED) is 0.750. The van der Waals surface area contributed by atoms with Crippen LogP contribution in [-0.4, -0.2) is 32.6 Å². The number of rotatable bonds is 6. The number of methoxy groups -OCH3 is 2. The molecule has 0 saturated carbocycles. The van der Waals surface area contributed by atoms with Crippen molar-refractivity contribution in [3.05, 3.63) is 48.0 Å². The fourth-order valence-electron chi connectivity index (χ4n) is 2.04. The predicted octanol–water partition coefficient (Wildman–Crippen LogP) is 1.85. The Hall–Kier alpha value is -3.06. The summed E-state index contributed by atoms with van der Waals surface area (Å²) in [5, 5.41) is 5.39. The van der Waals surface area contributed by atoms with Crippen molar-refractivity contribution in [3.8, 4) is 11.5 Å². The molecule has 2 aromatic rings. The molecule has 7 nitrogen and oxygen atoms in total. The molecule has 0 radical (unpaired) electrons. The molecule has 0 saturated heterocycles. The summed E-state index contributed by atoms with van der Waals surface area (Å²) in [4.78, 5) is 24.0. The Labute approximate surface area is 139 Å². The van der Waals surface area contributed by atoms with Gasteiger partial charge < -0.3 is 25.8 Å². The molecule has 4 N–H and O–H groups in total. The number of nitrogens with one attached hydrogen (secondary N) is 2. The number of para-hydroxylation sites is 2. The first-order chi connectivity index (χ1) is 11.6. The molecule has 0 atom stereocenters. The van der Waals surface area contributed by atoms with Gasteiger partial charge >= 0.3 is 0 Å². The number of nitrogens with two attached hydrogens (primary N) is 1. The minimum atomic E-state index is -0.360. The van der Waals surface area contributed by atoms with Crippen LogP contribution in [0.25, 0.3) is 0 Å². The third-order valence-corrected chi connectivity index (χ3v) is 3.25. The van der Waals surface area contributed by atoms with Crippen LogP contribution in [0.1, 0.15) is 10.4 Å². The molecule has 0 heterocycles. The highest BCUT2D eigenvalue weighted by atomic mass is 16.5. The topological polar surface area (TPSA) is 103 Å². The van der Waals surface area contributed by atoms with Crippen LogP contribution >= 0.6 is 0 Å². The van der Waals surface area contributed by atoms with E-state index in [2.05, 4.69) is 10.6 Å². The lowest BCUT2D eigenvalue weighted by Crippen LogP contribution is -2.23. The van der Waals surface area contributed by atoms with E-state index in [0.29, 0.717) is 28.4 Å². The first-order valence-electron chi connectivity index (χ1n) is 7.20. The van der Waals surface area contributed by atoms with Gasteiger partial charge in [0.25, 0.3) is 5.91 Å². The Morgan fingerprint density at radius 2 is 1.50 bits per heavy atom. The maximum absolute atomic E-state index is 12.5. The molecule has 7 heteroatoms. The SMILES string of the molecule is COc1cc(OC)cc(C(=O)Nc2ccccc2NC(=O)CN)c1. The lowest BCUT2D eigenvalue weighted by Gasteiger charge is -2.13. The molecule has 0 fully saturated rings. The Kier molecular flexibility index (Phi) is 5.75. The Bertz CT molecular complexity index is 724. The van der Waals surface area contributed by atoms with Crippen molar-refractivity contribution in [1.29, 1.82) is 0 Å². The molecule has 0 aliphatic heterocycles. The van der Waals surface area contributed by atoms with Crippen molar-refractivity contribution < 1.29 is 19.1 Å². The summed E-state index contributed by atoms with van der Waals surface area (Å²) in [5.41, 5.74) is 6.60. The molecule has 0 spiro atoms. The number of ether oxygens (including phenoxy) is 2. The molecule has 126 valence electrons. The molecule has 0 aromatic heterocycles. The summed E-state index contributed by atoms with van der Waals surface area (Å²) < 4.78 is 10.3. The molecule has 24 heavy (non-hydrogen) atoms. The second-order valence-electron chi connectivity index (χ2n) is 4.85. The van der Waals surface area contributed by atoms with Gasteiger partial charge in [0.2, 0.25) is 5.91 Å². The first kappa shape index (κ1) is 17.3. The average molecular weight is 329 g/mol. The number of anilines is 2. The molecule has 2 rings (SSSR count). The molecule has 2 aromatic carbocycles. The minimum absolute atomic E-state index is 0.143. The average Bonchev–Trinajstić information content (AvgIpc) is 2.62. The fraction of sp³-hybridized carbons (Fsp3) is 0.176. The standard InChI is InChI=1S/C17H19N3O4/c1-23-12-7-11(8-13(9-12)24-2)17(22)20-15-6-4-3-5-14(15)19-16(21)10-18/h3-9H,10,18H2,1-2H3,(H,19,21)(H,20,22). The number of hydrogen-bond donors (Lipinski definition) is 3. The van der Waals surface area contributed by atoms with Crippen LogP contribution in [0.5, 0.6) is 11.5 Å². The third-order valence-electron chi connectivity index (χ3n) is 3.25. The van der Waals surface area contributed by atoms with Gasteiger partial charge in [0.15, 0.2) is 0 Å². The second-order valence-corrected chi connectivity index (χ2v) is 4.85. The van der Waals surface area contributed by atoms with Gasteiger partial charge in [-0.1, -0.05) is 12.1 Å². The van der Waals surface area contributed by atoms with Crippen LogP contribution < -0.4 is 25.8 Å². The summed E-state index contributed by atoms with van der Waals surface area (Å²) in [7, 11) is 3.02. The zero-order valence-corrected chi connectivity index (χ0v) is 13.5. The van der Waals surface area contributed by atoms with Gasteiger partial charge in [0, 0.05) is 11.6 Å². The predicted molar refractivity (Wildman–Crippen MR) is 91.6 cm³/mol. The van der Waals surface area contributed by atoms with Crippen LogP contribution in [0.15, 0.2) is 42.5 Å². The molecule has 0 aliphatic rings. The number of benzene rings is 2. The van der Waals surface area contributed by atoms with E-state index in [1.807, 2.05) is 0 Å². The van der Waals surface area contributed by atoms with E-state index in [9.17, 15) is 9.59 Å². The molecule has 0 aliphatic carbocycles. The fourth-order valence-corrected chi connectivity index (χ4v) is 2.04. The smallest absolute Gasteiger partial charge is 0.255 e. The number of carbonyl (C=O) groups is 2. The molecular formula is C17H19N3O4. The van der Waals surface area contributed by atoms with Gasteiger partial charge in [-0.15, -0.1) is 0 Å². The summed E-state index contributed by atoms with van der Waals surface area (Å²) in [6.07, 6.45) is 0. The van der Waals surface area contributed by atoms with Crippen LogP contribution in [-0.2, 0) is 4.79 Å². The van der Waals surface area contributed by atoms with E-state index in [4.69, 9.17) is 15.2 Å². The van der Waals surface area contributed by atoms with Crippen LogP contribution in [0.3, 0.4) is 0 Å². The number of hydrogen-bond acceptors (Lipinski definition) is 5. The summed E-state index contributed by atoms with van der Waals surface area (Å²) in [6, 6.07) is 11.7. The highest BCUT2D eigenvalue weighted by molar-refractivity contribution is 6.07. The Morgan fingerprint density at radius 1 is 0.958 bits per heavy atom. The van der Waals surface area contributed by atoms with E-state index in [0.717, 1.165) is 0 Å². The minimum Gasteiger partial charge on any atom is -0.497 e. The van der Waals surface area contributed by atoms with Gasteiger partial charge in [-0.2, -0.15) is 0 Å².